The number of nitrogens with zero attached hydrogens (tertiary/aromatic N) is 2. The average molecular weight is 401 g/mol. The van der Waals surface area contributed by atoms with Crippen molar-refractivity contribution < 1.29 is 4.79 Å². The monoisotopic (exact) mass is 400 g/mol. The fourth-order valence-corrected chi connectivity index (χ4v) is 3.26. The lowest BCUT2D eigenvalue weighted by molar-refractivity contribution is -0.121. The van der Waals surface area contributed by atoms with Gasteiger partial charge in [-0.1, -0.05) is 29.8 Å². The maximum Gasteiger partial charge on any atom is 0.221 e. The number of hydrogen-bond donors (Lipinski definition) is 2. The first kappa shape index (κ1) is 22.8. The lowest BCUT2D eigenvalue weighted by atomic mass is 10.1. The molecule has 0 aliphatic carbocycles. The number of hydrogen-bond acceptors (Lipinski definition) is 4. The zero-order chi connectivity index (χ0) is 16.6. The molecule has 2 aliphatic heterocycles. The highest BCUT2D eigenvalue weighted by Gasteiger charge is 2.17. The van der Waals surface area contributed by atoms with Gasteiger partial charge < -0.3 is 15.5 Å². The quantitative estimate of drug-likeness (QED) is 0.717. The summed E-state index contributed by atoms with van der Waals surface area (Å²) in [4.78, 5) is 16.8. The molecule has 0 spiro atoms. The largest absolute Gasteiger partial charge is 0.369 e. The number of piperazine rings is 1. The molecule has 3 rings (SSSR count). The Bertz CT molecular complexity index is 560. The summed E-state index contributed by atoms with van der Waals surface area (Å²) in [5, 5.41) is 6.34. The Morgan fingerprint density at radius 2 is 1.81 bits per heavy atom. The van der Waals surface area contributed by atoms with Crippen LogP contribution in [-0.2, 0) is 4.79 Å². The molecule has 26 heavy (non-hydrogen) atoms. The van der Waals surface area contributed by atoms with E-state index >= 15 is 0 Å². The van der Waals surface area contributed by atoms with Crippen LogP contribution >= 0.6 is 24.8 Å². The van der Waals surface area contributed by atoms with Gasteiger partial charge >= 0.3 is 0 Å². The van der Waals surface area contributed by atoms with Crippen LogP contribution in [0, 0.1) is 0 Å². The van der Waals surface area contributed by atoms with Gasteiger partial charge in [0, 0.05) is 57.9 Å². The number of halogens is 2. The lowest BCUT2D eigenvalue weighted by Crippen LogP contribution is -2.47. The predicted molar refractivity (Wildman–Crippen MR) is 113 cm³/mol. The van der Waals surface area contributed by atoms with Crippen molar-refractivity contribution in [1.29, 1.82) is 0 Å². The Morgan fingerprint density at radius 3 is 2.46 bits per heavy atom. The molecule has 2 heterocycles. The van der Waals surface area contributed by atoms with Crippen LogP contribution in [-0.4, -0.2) is 63.2 Å². The van der Waals surface area contributed by atoms with E-state index in [0.29, 0.717) is 13.0 Å². The summed E-state index contributed by atoms with van der Waals surface area (Å²) in [7, 11) is 0. The fourth-order valence-electron chi connectivity index (χ4n) is 3.26. The second-order valence-corrected chi connectivity index (χ2v) is 6.51. The van der Waals surface area contributed by atoms with E-state index in [9.17, 15) is 4.79 Å². The Labute approximate surface area is 169 Å². The summed E-state index contributed by atoms with van der Waals surface area (Å²) in [5.41, 5.74) is 2.64. The summed E-state index contributed by atoms with van der Waals surface area (Å²) in [6.07, 6.45) is 3.82. The number of carbonyl (C=O) groups excluding carboxylic acids is 1. The van der Waals surface area contributed by atoms with Crippen LogP contribution < -0.4 is 15.5 Å². The Kier molecular flexibility index (Phi) is 10.7. The van der Waals surface area contributed by atoms with Crippen molar-refractivity contribution in [3.8, 4) is 0 Å². The standard InChI is InChI=1S/C19H28N4O.2ClH/c24-19(21-16-17-6-9-20-10-7-17)8-11-22-12-14-23(15-13-22)18-4-2-1-3-5-18;;/h1-6,20H,7-16H2,(H,21,24);2*1H. The summed E-state index contributed by atoms with van der Waals surface area (Å²) >= 11 is 0. The molecule has 0 aromatic heterocycles. The van der Waals surface area contributed by atoms with Gasteiger partial charge in [-0.15, -0.1) is 24.8 Å². The van der Waals surface area contributed by atoms with E-state index < -0.39 is 0 Å². The Hall–Kier alpha value is -1.27. The van der Waals surface area contributed by atoms with E-state index in [-0.39, 0.29) is 30.7 Å². The minimum atomic E-state index is 0. The van der Waals surface area contributed by atoms with Crippen LogP contribution in [0.1, 0.15) is 12.8 Å². The van der Waals surface area contributed by atoms with Crippen molar-refractivity contribution in [1.82, 2.24) is 15.5 Å². The summed E-state index contributed by atoms with van der Waals surface area (Å²) in [6, 6.07) is 10.6. The third-order valence-corrected chi connectivity index (χ3v) is 4.82. The van der Waals surface area contributed by atoms with Crippen molar-refractivity contribution in [3.63, 3.8) is 0 Å². The predicted octanol–water partition coefficient (Wildman–Crippen LogP) is 2.08. The first-order valence-electron chi connectivity index (χ1n) is 8.99. The number of rotatable bonds is 6. The van der Waals surface area contributed by atoms with Gasteiger partial charge in [0.15, 0.2) is 0 Å². The lowest BCUT2D eigenvalue weighted by Gasteiger charge is -2.36. The van der Waals surface area contributed by atoms with Crippen LogP contribution in [0.5, 0.6) is 0 Å². The van der Waals surface area contributed by atoms with Crippen LogP contribution in [0.15, 0.2) is 42.0 Å². The smallest absolute Gasteiger partial charge is 0.221 e. The third kappa shape index (κ3) is 7.16. The molecule has 0 unspecified atom stereocenters. The number of carbonyl (C=O) groups is 1. The first-order valence-corrected chi connectivity index (χ1v) is 8.99. The van der Waals surface area contributed by atoms with Crippen LogP contribution in [0.4, 0.5) is 5.69 Å². The number of anilines is 1. The van der Waals surface area contributed by atoms with Crippen molar-refractivity contribution in [2.45, 2.75) is 12.8 Å². The molecule has 2 aliphatic rings. The van der Waals surface area contributed by atoms with Gasteiger partial charge in [-0.25, -0.2) is 0 Å². The Balaban J connectivity index is 0.00000169. The molecule has 1 aromatic rings. The van der Waals surface area contributed by atoms with Gasteiger partial charge in [0.25, 0.3) is 0 Å². The van der Waals surface area contributed by atoms with Gasteiger partial charge in [0.05, 0.1) is 0 Å². The van der Waals surface area contributed by atoms with Crippen molar-refractivity contribution in [2.24, 2.45) is 0 Å². The van der Waals surface area contributed by atoms with Gasteiger partial charge in [-0.2, -0.15) is 0 Å². The van der Waals surface area contributed by atoms with E-state index in [0.717, 1.165) is 52.2 Å². The molecule has 2 N–H and O–H groups in total. The molecule has 0 bridgehead atoms. The highest BCUT2D eigenvalue weighted by Crippen LogP contribution is 2.15. The van der Waals surface area contributed by atoms with Crippen molar-refractivity contribution in [3.05, 3.63) is 42.0 Å². The maximum absolute atomic E-state index is 12.0. The molecule has 7 heteroatoms. The molecular weight excluding hydrogens is 371 g/mol. The second kappa shape index (κ2) is 12.2. The summed E-state index contributed by atoms with van der Waals surface area (Å²) < 4.78 is 0. The van der Waals surface area contributed by atoms with Crippen LogP contribution in [0.2, 0.25) is 0 Å². The molecule has 5 nitrogen and oxygen atoms in total. The van der Waals surface area contributed by atoms with Gasteiger partial charge in [0.2, 0.25) is 5.91 Å². The third-order valence-electron chi connectivity index (χ3n) is 4.82. The zero-order valence-electron chi connectivity index (χ0n) is 15.2. The topological polar surface area (TPSA) is 47.6 Å². The minimum absolute atomic E-state index is 0. The number of nitrogens with one attached hydrogen (secondary N) is 2. The first-order chi connectivity index (χ1) is 11.8. The molecule has 0 saturated carbocycles. The van der Waals surface area contributed by atoms with E-state index in [1.807, 2.05) is 0 Å². The molecule has 0 radical (unpaired) electrons. The normalized spacial score (nSPS) is 17.5. The highest BCUT2D eigenvalue weighted by atomic mass is 35.5. The minimum Gasteiger partial charge on any atom is -0.369 e. The molecular formula is C19H30Cl2N4O. The highest BCUT2D eigenvalue weighted by molar-refractivity contribution is 5.85. The average Bonchev–Trinajstić information content (AvgIpc) is 2.67. The van der Waals surface area contributed by atoms with Crippen molar-refractivity contribution >= 4 is 36.4 Å². The molecule has 1 fully saturated rings. The molecule has 1 amide bonds. The summed E-state index contributed by atoms with van der Waals surface area (Å²) in [5.74, 6) is 0.167. The Morgan fingerprint density at radius 1 is 1.08 bits per heavy atom. The van der Waals surface area contributed by atoms with E-state index in [4.69, 9.17) is 0 Å². The number of para-hydroxylation sites is 1. The van der Waals surface area contributed by atoms with Gasteiger partial charge in [0.1, 0.15) is 0 Å². The molecule has 1 aromatic carbocycles. The van der Waals surface area contributed by atoms with E-state index in [1.165, 1.54) is 11.3 Å². The van der Waals surface area contributed by atoms with Gasteiger partial charge in [-0.3, -0.25) is 9.69 Å². The summed E-state index contributed by atoms with van der Waals surface area (Å²) in [6.45, 7) is 7.64. The van der Waals surface area contributed by atoms with Crippen LogP contribution in [0.25, 0.3) is 0 Å². The maximum atomic E-state index is 12.0. The van der Waals surface area contributed by atoms with Gasteiger partial charge in [-0.05, 0) is 25.1 Å². The SMILES string of the molecule is Cl.Cl.O=C(CCN1CCN(c2ccccc2)CC1)NCC1=CCNCC1. The van der Waals surface area contributed by atoms with Crippen molar-refractivity contribution in [2.75, 3.05) is 57.3 Å². The molecule has 1 saturated heterocycles. The van der Waals surface area contributed by atoms with Crippen LogP contribution in [0.3, 0.4) is 0 Å². The number of amides is 1. The van der Waals surface area contributed by atoms with E-state index in [1.54, 1.807) is 0 Å². The molecule has 146 valence electrons. The molecule has 0 atom stereocenters. The second-order valence-electron chi connectivity index (χ2n) is 6.51. The fraction of sp³-hybridized carbons (Fsp3) is 0.526. The van der Waals surface area contributed by atoms with E-state index in [2.05, 4.69) is 56.8 Å². The zero-order valence-corrected chi connectivity index (χ0v) is 16.8. The number of benzene rings is 1.